The number of carbonyl (C=O) groups is 3. The highest BCUT2D eigenvalue weighted by molar-refractivity contribution is 6.10. The Bertz CT molecular complexity index is 1370. The van der Waals surface area contributed by atoms with Crippen LogP contribution in [0.2, 0.25) is 0 Å². The molecular weight excluding hydrogens is 450 g/mol. The molecule has 0 aliphatic carbocycles. The van der Waals surface area contributed by atoms with Gasteiger partial charge in [-0.2, -0.15) is 0 Å². The summed E-state index contributed by atoms with van der Waals surface area (Å²) in [4.78, 5) is 42.9. The molecule has 0 spiro atoms. The SMILES string of the molecule is CC1(c2cccc3ccccc23)NC(=O)N(CC(=O)N(Cc2ccccc2)Cc2ccccc2)C1=O. The predicted molar refractivity (Wildman–Crippen MR) is 139 cm³/mol. The summed E-state index contributed by atoms with van der Waals surface area (Å²) in [5.41, 5.74) is 1.39. The van der Waals surface area contributed by atoms with Gasteiger partial charge in [0.2, 0.25) is 5.91 Å². The van der Waals surface area contributed by atoms with E-state index in [2.05, 4.69) is 5.32 Å². The molecule has 0 radical (unpaired) electrons. The summed E-state index contributed by atoms with van der Waals surface area (Å²) in [6, 6.07) is 32.2. The van der Waals surface area contributed by atoms with E-state index < -0.39 is 17.5 Å². The minimum absolute atomic E-state index is 0.298. The quantitative estimate of drug-likeness (QED) is 0.388. The summed E-state index contributed by atoms with van der Waals surface area (Å²) in [6.45, 7) is 2.12. The first kappa shape index (κ1) is 23.3. The van der Waals surface area contributed by atoms with Gasteiger partial charge in [-0.3, -0.25) is 14.5 Å². The van der Waals surface area contributed by atoms with Crippen molar-refractivity contribution < 1.29 is 14.4 Å². The molecule has 5 rings (SSSR count). The Labute approximate surface area is 210 Å². The van der Waals surface area contributed by atoms with Gasteiger partial charge in [-0.05, 0) is 34.4 Å². The van der Waals surface area contributed by atoms with Gasteiger partial charge in [0.05, 0.1) is 0 Å². The monoisotopic (exact) mass is 477 g/mol. The Morgan fingerprint density at radius 1 is 0.778 bits per heavy atom. The lowest BCUT2D eigenvalue weighted by molar-refractivity contribution is -0.139. The van der Waals surface area contributed by atoms with E-state index in [9.17, 15) is 14.4 Å². The number of amides is 4. The molecule has 36 heavy (non-hydrogen) atoms. The molecule has 1 N–H and O–H groups in total. The molecular formula is C30H27N3O3. The number of urea groups is 1. The number of hydrogen-bond donors (Lipinski definition) is 1. The summed E-state index contributed by atoms with van der Waals surface area (Å²) in [6.07, 6.45) is 0. The zero-order valence-corrected chi connectivity index (χ0v) is 20.1. The molecule has 4 aromatic carbocycles. The van der Waals surface area contributed by atoms with Gasteiger partial charge >= 0.3 is 6.03 Å². The molecule has 180 valence electrons. The van der Waals surface area contributed by atoms with Crippen molar-refractivity contribution >= 4 is 28.6 Å². The third kappa shape index (κ3) is 4.45. The maximum Gasteiger partial charge on any atom is 0.325 e. The zero-order chi connectivity index (χ0) is 25.1. The van der Waals surface area contributed by atoms with Crippen LogP contribution in [0.4, 0.5) is 4.79 Å². The molecule has 6 heteroatoms. The number of benzene rings is 4. The van der Waals surface area contributed by atoms with Gasteiger partial charge < -0.3 is 10.2 Å². The Hall–Kier alpha value is -4.45. The van der Waals surface area contributed by atoms with Gasteiger partial charge in [0, 0.05) is 13.1 Å². The fraction of sp³-hybridized carbons (Fsp3) is 0.167. The summed E-state index contributed by atoms with van der Waals surface area (Å²) < 4.78 is 0. The summed E-state index contributed by atoms with van der Waals surface area (Å²) in [5, 5.41) is 4.71. The van der Waals surface area contributed by atoms with Crippen LogP contribution in [0, 0.1) is 0 Å². The highest BCUT2D eigenvalue weighted by Crippen LogP contribution is 2.33. The maximum absolute atomic E-state index is 13.6. The first-order valence-electron chi connectivity index (χ1n) is 11.9. The molecule has 1 aliphatic rings. The second kappa shape index (κ2) is 9.66. The van der Waals surface area contributed by atoms with E-state index in [0.29, 0.717) is 18.7 Å². The number of hydrogen-bond acceptors (Lipinski definition) is 3. The van der Waals surface area contributed by atoms with Crippen molar-refractivity contribution in [2.24, 2.45) is 0 Å². The third-order valence-electron chi connectivity index (χ3n) is 6.68. The normalized spacial score (nSPS) is 17.3. The van der Waals surface area contributed by atoms with Crippen LogP contribution in [0.15, 0.2) is 103 Å². The van der Waals surface area contributed by atoms with Crippen LogP contribution >= 0.6 is 0 Å². The van der Waals surface area contributed by atoms with Crippen LogP contribution in [-0.4, -0.2) is 34.2 Å². The van der Waals surface area contributed by atoms with Crippen LogP contribution in [0.25, 0.3) is 10.8 Å². The number of nitrogens with one attached hydrogen (secondary N) is 1. The van der Waals surface area contributed by atoms with Gasteiger partial charge in [-0.15, -0.1) is 0 Å². The van der Waals surface area contributed by atoms with E-state index in [4.69, 9.17) is 0 Å². The number of carbonyl (C=O) groups excluding carboxylic acids is 3. The van der Waals surface area contributed by atoms with Crippen molar-refractivity contribution in [3.05, 3.63) is 120 Å². The van der Waals surface area contributed by atoms with Crippen molar-refractivity contribution in [3.63, 3.8) is 0 Å². The topological polar surface area (TPSA) is 69.7 Å². The molecule has 1 unspecified atom stereocenters. The second-order valence-corrected chi connectivity index (χ2v) is 9.19. The predicted octanol–water partition coefficient (Wildman–Crippen LogP) is 4.84. The molecule has 4 amide bonds. The molecule has 1 heterocycles. The Morgan fingerprint density at radius 3 is 1.97 bits per heavy atom. The molecule has 4 aromatic rings. The number of rotatable bonds is 7. The van der Waals surface area contributed by atoms with Crippen molar-refractivity contribution in [1.82, 2.24) is 15.1 Å². The molecule has 1 atom stereocenters. The van der Waals surface area contributed by atoms with Gasteiger partial charge in [0.15, 0.2) is 0 Å². The average molecular weight is 478 g/mol. The Kier molecular flexibility index (Phi) is 6.25. The zero-order valence-electron chi connectivity index (χ0n) is 20.1. The highest BCUT2D eigenvalue weighted by Gasteiger charge is 2.50. The number of nitrogens with zero attached hydrogens (tertiary/aromatic N) is 2. The molecule has 1 aliphatic heterocycles. The van der Waals surface area contributed by atoms with Crippen molar-refractivity contribution in [3.8, 4) is 0 Å². The Morgan fingerprint density at radius 2 is 1.33 bits per heavy atom. The summed E-state index contributed by atoms with van der Waals surface area (Å²) in [7, 11) is 0. The standard InChI is InChI=1S/C30H27N3O3/c1-30(26-18-10-16-24-15-8-9-17-25(24)26)28(35)33(29(36)31-30)21-27(34)32(19-22-11-4-2-5-12-22)20-23-13-6-3-7-14-23/h2-18H,19-21H2,1H3,(H,31,36). The largest absolute Gasteiger partial charge is 0.332 e. The first-order chi connectivity index (χ1) is 17.5. The van der Waals surface area contributed by atoms with Crippen molar-refractivity contribution in [1.29, 1.82) is 0 Å². The van der Waals surface area contributed by atoms with Crippen molar-refractivity contribution in [2.75, 3.05) is 6.54 Å². The minimum Gasteiger partial charge on any atom is -0.332 e. The summed E-state index contributed by atoms with van der Waals surface area (Å²) in [5.74, 6) is -0.732. The smallest absolute Gasteiger partial charge is 0.325 e. The first-order valence-corrected chi connectivity index (χ1v) is 11.9. The van der Waals surface area contributed by atoms with E-state index in [1.165, 1.54) is 0 Å². The van der Waals surface area contributed by atoms with Crippen LogP contribution in [0.3, 0.4) is 0 Å². The van der Waals surface area contributed by atoms with E-state index in [1.54, 1.807) is 11.8 Å². The molecule has 1 saturated heterocycles. The van der Waals surface area contributed by atoms with Crippen LogP contribution < -0.4 is 5.32 Å². The second-order valence-electron chi connectivity index (χ2n) is 9.19. The van der Waals surface area contributed by atoms with Gasteiger partial charge in [0.1, 0.15) is 12.1 Å². The van der Waals surface area contributed by atoms with Crippen LogP contribution in [0.5, 0.6) is 0 Å². The Balaban J connectivity index is 1.41. The average Bonchev–Trinajstić information content (AvgIpc) is 3.12. The van der Waals surface area contributed by atoms with E-state index in [1.807, 2.05) is 103 Å². The lowest BCUT2D eigenvalue weighted by Gasteiger charge is -2.26. The third-order valence-corrected chi connectivity index (χ3v) is 6.68. The van der Waals surface area contributed by atoms with Crippen molar-refractivity contribution in [2.45, 2.75) is 25.6 Å². The number of fused-ring (bicyclic) bond motifs is 1. The van der Waals surface area contributed by atoms with Gasteiger partial charge in [-0.25, -0.2) is 4.79 Å². The molecule has 0 bridgehead atoms. The van der Waals surface area contributed by atoms with Crippen LogP contribution in [0.1, 0.15) is 23.6 Å². The number of imide groups is 1. The fourth-order valence-electron chi connectivity index (χ4n) is 4.76. The highest BCUT2D eigenvalue weighted by atomic mass is 16.2. The molecule has 1 fully saturated rings. The van der Waals surface area contributed by atoms with Gasteiger partial charge in [-0.1, -0.05) is 103 Å². The van der Waals surface area contributed by atoms with E-state index in [-0.39, 0.29) is 12.5 Å². The lowest BCUT2D eigenvalue weighted by atomic mass is 9.88. The molecule has 6 nitrogen and oxygen atoms in total. The lowest BCUT2D eigenvalue weighted by Crippen LogP contribution is -2.44. The summed E-state index contributed by atoms with van der Waals surface area (Å²) >= 11 is 0. The molecule has 0 saturated carbocycles. The fourth-order valence-corrected chi connectivity index (χ4v) is 4.76. The van der Waals surface area contributed by atoms with Crippen LogP contribution in [-0.2, 0) is 28.2 Å². The minimum atomic E-state index is -1.26. The van der Waals surface area contributed by atoms with E-state index >= 15 is 0 Å². The van der Waals surface area contributed by atoms with Gasteiger partial charge in [0.25, 0.3) is 5.91 Å². The van der Waals surface area contributed by atoms with E-state index in [0.717, 1.165) is 26.8 Å². The maximum atomic E-state index is 13.6. The molecule has 0 aromatic heterocycles.